The third-order valence-electron chi connectivity index (χ3n) is 2.95. The van der Waals surface area contributed by atoms with Crippen molar-refractivity contribution in [1.29, 1.82) is 0 Å². The number of benzene rings is 2. The summed E-state index contributed by atoms with van der Waals surface area (Å²) in [7, 11) is 0. The normalized spacial score (nSPS) is 10.6. The Labute approximate surface area is 150 Å². The van der Waals surface area contributed by atoms with E-state index in [0.29, 0.717) is 15.6 Å². The van der Waals surface area contributed by atoms with Gasteiger partial charge in [-0.05, 0) is 12.1 Å². The SMILES string of the molecule is O=C(N/N=C\c1c(Cl)cccc1Cl)c1cc([N+](=O)[O-])cc([N+](=O)[O-])c1. The summed E-state index contributed by atoms with van der Waals surface area (Å²) >= 11 is 11.9. The molecule has 9 nitrogen and oxygen atoms in total. The zero-order chi connectivity index (χ0) is 18.6. The fraction of sp³-hybridized carbons (Fsp3) is 0. The van der Waals surface area contributed by atoms with Crippen LogP contribution in [0.2, 0.25) is 10.0 Å². The standard InChI is InChI=1S/C14H8Cl2N4O5/c15-12-2-1-3-13(16)11(12)7-17-18-14(21)8-4-9(19(22)23)6-10(5-8)20(24)25/h1-7H,(H,18,21)/b17-7-. The first-order chi connectivity index (χ1) is 11.8. The van der Waals surface area contributed by atoms with Crippen LogP contribution in [-0.4, -0.2) is 22.0 Å². The molecule has 0 spiro atoms. The lowest BCUT2D eigenvalue weighted by Crippen LogP contribution is -2.18. The summed E-state index contributed by atoms with van der Waals surface area (Å²) in [6, 6.07) is 7.33. The van der Waals surface area contributed by atoms with Gasteiger partial charge in [-0.15, -0.1) is 0 Å². The number of nitro groups is 2. The molecule has 128 valence electrons. The van der Waals surface area contributed by atoms with Gasteiger partial charge in [-0.2, -0.15) is 5.10 Å². The lowest BCUT2D eigenvalue weighted by Gasteiger charge is -2.02. The van der Waals surface area contributed by atoms with E-state index in [4.69, 9.17) is 23.2 Å². The molecule has 0 atom stereocenters. The van der Waals surface area contributed by atoms with E-state index in [9.17, 15) is 25.0 Å². The van der Waals surface area contributed by atoms with Gasteiger partial charge < -0.3 is 0 Å². The van der Waals surface area contributed by atoms with Crippen molar-refractivity contribution in [2.24, 2.45) is 5.10 Å². The Bertz CT molecular complexity index is 848. The lowest BCUT2D eigenvalue weighted by molar-refractivity contribution is -0.394. The molecule has 0 aliphatic heterocycles. The van der Waals surface area contributed by atoms with E-state index in [2.05, 4.69) is 10.5 Å². The molecule has 0 aliphatic carbocycles. The number of nitro benzene ring substituents is 2. The first-order valence-electron chi connectivity index (χ1n) is 6.51. The molecule has 0 aliphatic rings. The number of amides is 1. The first kappa shape index (κ1) is 18.3. The molecule has 25 heavy (non-hydrogen) atoms. The number of hydrogen-bond acceptors (Lipinski definition) is 6. The molecule has 1 amide bonds. The van der Waals surface area contributed by atoms with Crippen molar-refractivity contribution in [3.63, 3.8) is 0 Å². The van der Waals surface area contributed by atoms with Crippen molar-refractivity contribution in [3.05, 3.63) is 77.8 Å². The topological polar surface area (TPSA) is 128 Å². The molecule has 0 aromatic heterocycles. The van der Waals surface area contributed by atoms with Crippen LogP contribution in [0.1, 0.15) is 15.9 Å². The summed E-state index contributed by atoms with van der Waals surface area (Å²) in [4.78, 5) is 32.0. The van der Waals surface area contributed by atoms with Crippen LogP contribution in [0.5, 0.6) is 0 Å². The number of hydrazone groups is 1. The second-order valence-electron chi connectivity index (χ2n) is 4.59. The number of carbonyl (C=O) groups is 1. The Kier molecular flexibility index (Phi) is 5.63. The Morgan fingerprint density at radius 1 is 1.04 bits per heavy atom. The minimum Gasteiger partial charge on any atom is -0.267 e. The van der Waals surface area contributed by atoms with Crippen molar-refractivity contribution in [2.75, 3.05) is 0 Å². The molecule has 2 aromatic rings. The highest BCUT2D eigenvalue weighted by atomic mass is 35.5. The van der Waals surface area contributed by atoms with E-state index in [1.165, 1.54) is 6.21 Å². The average Bonchev–Trinajstić information content (AvgIpc) is 2.56. The van der Waals surface area contributed by atoms with Crippen LogP contribution in [0.15, 0.2) is 41.5 Å². The maximum Gasteiger partial charge on any atom is 0.277 e. The van der Waals surface area contributed by atoms with E-state index >= 15 is 0 Å². The number of nitrogens with one attached hydrogen (secondary N) is 1. The summed E-state index contributed by atoms with van der Waals surface area (Å²) in [6.07, 6.45) is 1.19. The molecule has 1 N–H and O–H groups in total. The third kappa shape index (κ3) is 4.49. The first-order valence-corrected chi connectivity index (χ1v) is 7.26. The molecular formula is C14H8Cl2N4O5. The number of hydrogen-bond donors (Lipinski definition) is 1. The minimum absolute atomic E-state index is 0.289. The van der Waals surface area contributed by atoms with Crippen LogP contribution < -0.4 is 5.43 Å². The summed E-state index contributed by atoms with van der Waals surface area (Å²) in [5.74, 6) is -0.869. The largest absolute Gasteiger partial charge is 0.277 e. The van der Waals surface area contributed by atoms with Crippen molar-refractivity contribution < 1.29 is 14.6 Å². The van der Waals surface area contributed by atoms with Crippen LogP contribution in [-0.2, 0) is 0 Å². The van der Waals surface area contributed by atoms with Gasteiger partial charge in [0.1, 0.15) is 0 Å². The third-order valence-corrected chi connectivity index (χ3v) is 3.60. The molecule has 0 heterocycles. The Morgan fingerprint density at radius 3 is 2.04 bits per heavy atom. The minimum atomic E-state index is -0.869. The van der Waals surface area contributed by atoms with Gasteiger partial charge in [0.15, 0.2) is 0 Å². The Balaban J connectivity index is 2.25. The number of carbonyl (C=O) groups excluding carboxylic acids is 1. The maximum atomic E-state index is 12.0. The van der Waals surface area contributed by atoms with Gasteiger partial charge >= 0.3 is 0 Å². The zero-order valence-electron chi connectivity index (χ0n) is 12.2. The number of halogens is 2. The van der Waals surface area contributed by atoms with Gasteiger partial charge in [0.2, 0.25) is 0 Å². The average molecular weight is 383 g/mol. The molecule has 0 fully saturated rings. The van der Waals surface area contributed by atoms with E-state index in [-0.39, 0.29) is 5.56 Å². The molecule has 0 saturated heterocycles. The number of rotatable bonds is 5. The quantitative estimate of drug-likeness (QED) is 0.480. The summed E-state index contributed by atoms with van der Waals surface area (Å²) in [5, 5.41) is 25.9. The Hall–Kier alpha value is -3.04. The van der Waals surface area contributed by atoms with E-state index in [1.807, 2.05) is 0 Å². The second kappa shape index (κ2) is 7.69. The van der Waals surface area contributed by atoms with Gasteiger partial charge in [0, 0.05) is 17.7 Å². The summed E-state index contributed by atoms with van der Waals surface area (Å²) in [6.45, 7) is 0. The maximum absolute atomic E-state index is 12.0. The number of nitrogens with zero attached hydrogens (tertiary/aromatic N) is 3. The highest BCUT2D eigenvalue weighted by Crippen LogP contribution is 2.23. The van der Waals surface area contributed by atoms with Gasteiger partial charge in [-0.3, -0.25) is 25.0 Å². The van der Waals surface area contributed by atoms with Crippen LogP contribution in [0, 0.1) is 20.2 Å². The fourth-order valence-electron chi connectivity index (χ4n) is 1.79. The van der Waals surface area contributed by atoms with Crippen LogP contribution in [0.3, 0.4) is 0 Å². The van der Waals surface area contributed by atoms with Gasteiger partial charge in [0.25, 0.3) is 17.3 Å². The van der Waals surface area contributed by atoms with E-state index in [0.717, 1.165) is 18.2 Å². The molecule has 0 unspecified atom stereocenters. The highest BCUT2D eigenvalue weighted by Gasteiger charge is 2.19. The molecule has 2 rings (SSSR count). The van der Waals surface area contributed by atoms with Crippen molar-refractivity contribution >= 4 is 46.7 Å². The molecule has 11 heteroatoms. The predicted octanol–water partition coefficient (Wildman–Crippen LogP) is 3.57. The van der Waals surface area contributed by atoms with Gasteiger partial charge in [-0.1, -0.05) is 29.3 Å². The monoisotopic (exact) mass is 382 g/mol. The number of non-ortho nitro benzene ring substituents is 2. The van der Waals surface area contributed by atoms with Crippen LogP contribution in [0.4, 0.5) is 11.4 Å². The van der Waals surface area contributed by atoms with Gasteiger partial charge in [-0.25, -0.2) is 5.43 Å². The molecular weight excluding hydrogens is 375 g/mol. The second-order valence-corrected chi connectivity index (χ2v) is 5.40. The smallest absolute Gasteiger partial charge is 0.267 e. The van der Waals surface area contributed by atoms with Crippen molar-refractivity contribution in [3.8, 4) is 0 Å². The molecule has 0 bridgehead atoms. The predicted molar refractivity (Wildman–Crippen MR) is 91.3 cm³/mol. The van der Waals surface area contributed by atoms with Gasteiger partial charge in [0.05, 0.1) is 37.7 Å². The molecule has 0 saturated carbocycles. The van der Waals surface area contributed by atoms with Crippen molar-refractivity contribution in [2.45, 2.75) is 0 Å². The van der Waals surface area contributed by atoms with Crippen molar-refractivity contribution in [1.82, 2.24) is 5.43 Å². The lowest BCUT2D eigenvalue weighted by atomic mass is 10.1. The molecule has 0 radical (unpaired) electrons. The van der Waals surface area contributed by atoms with Crippen LogP contribution >= 0.6 is 23.2 Å². The zero-order valence-corrected chi connectivity index (χ0v) is 13.7. The fourth-order valence-corrected chi connectivity index (χ4v) is 2.29. The van der Waals surface area contributed by atoms with Crippen LogP contribution in [0.25, 0.3) is 0 Å². The Morgan fingerprint density at radius 2 is 1.56 bits per heavy atom. The van der Waals surface area contributed by atoms with E-state index < -0.39 is 27.1 Å². The van der Waals surface area contributed by atoms with E-state index in [1.54, 1.807) is 18.2 Å². The highest BCUT2D eigenvalue weighted by molar-refractivity contribution is 6.38. The molecule has 2 aromatic carbocycles. The summed E-state index contributed by atoms with van der Waals surface area (Å²) in [5.41, 5.74) is 1.000. The summed E-state index contributed by atoms with van der Waals surface area (Å²) < 4.78 is 0.